The molecule has 2 amide bonds. The first-order valence-corrected chi connectivity index (χ1v) is 10.6. The van der Waals surface area contributed by atoms with Gasteiger partial charge >= 0.3 is 0 Å². The Kier molecular flexibility index (Phi) is 7.42. The summed E-state index contributed by atoms with van der Waals surface area (Å²) >= 11 is 7.57. The van der Waals surface area contributed by atoms with Gasteiger partial charge in [0.2, 0.25) is 5.91 Å². The minimum absolute atomic E-state index is 0.0911. The molecule has 1 aliphatic heterocycles. The van der Waals surface area contributed by atoms with Crippen LogP contribution >= 0.6 is 22.9 Å². The Bertz CT molecular complexity index is 788. The Labute approximate surface area is 173 Å². The van der Waals surface area contributed by atoms with Gasteiger partial charge in [-0.25, -0.2) is 4.39 Å². The molecule has 2 aromatic rings. The predicted molar refractivity (Wildman–Crippen MR) is 109 cm³/mol. The van der Waals surface area contributed by atoms with E-state index in [1.54, 1.807) is 23.6 Å². The van der Waals surface area contributed by atoms with E-state index in [2.05, 4.69) is 10.2 Å². The first kappa shape index (κ1) is 20.8. The summed E-state index contributed by atoms with van der Waals surface area (Å²) in [5.41, 5.74) is 1.16. The van der Waals surface area contributed by atoms with Gasteiger partial charge in [-0.15, -0.1) is 0 Å². The van der Waals surface area contributed by atoms with Crippen LogP contribution in [0, 0.1) is 5.82 Å². The van der Waals surface area contributed by atoms with Gasteiger partial charge < -0.3 is 10.2 Å². The molecule has 8 heteroatoms. The fourth-order valence-electron chi connectivity index (χ4n) is 3.16. The molecule has 1 aromatic carbocycles. The number of thiophene rings is 1. The molecule has 2 heterocycles. The summed E-state index contributed by atoms with van der Waals surface area (Å²) < 4.78 is 13.9. The summed E-state index contributed by atoms with van der Waals surface area (Å²) in [5, 5.41) is 6.92. The van der Waals surface area contributed by atoms with Gasteiger partial charge in [0.25, 0.3) is 5.91 Å². The zero-order valence-corrected chi connectivity index (χ0v) is 17.1. The van der Waals surface area contributed by atoms with E-state index in [9.17, 15) is 14.0 Å². The normalized spacial score (nSPS) is 14.9. The van der Waals surface area contributed by atoms with Crippen molar-refractivity contribution >= 4 is 34.8 Å². The largest absolute Gasteiger partial charge is 0.352 e. The lowest BCUT2D eigenvalue weighted by molar-refractivity contribution is -0.133. The highest BCUT2D eigenvalue weighted by molar-refractivity contribution is 7.08. The predicted octanol–water partition coefficient (Wildman–Crippen LogP) is 3.40. The number of hydrogen-bond acceptors (Lipinski definition) is 4. The third-order valence-corrected chi connectivity index (χ3v) is 5.84. The lowest BCUT2D eigenvalue weighted by Gasteiger charge is -2.35. The van der Waals surface area contributed by atoms with Crippen molar-refractivity contribution in [2.75, 3.05) is 32.7 Å². The second kappa shape index (κ2) is 10.0. The van der Waals surface area contributed by atoms with Gasteiger partial charge in [0.1, 0.15) is 5.82 Å². The monoisotopic (exact) mass is 423 g/mol. The van der Waals surface area contributed by atoms with Gasteiger partial charge in [-0.05, 0) is 30.0 Å². The summed E-state index contributed by atoms with van der Waals surface area (Å²) in [4.78, 5) is 28.1. The molecule has 1 aliphatic rings. The molecular weight excluding hydrogens is 401 g/mol. The maximum atomic E-state index is 13.9. The third-order valence-electron chi connectivity index (χ3n) is 4.80. The Morgan fingerprint density at radius 3 is 2.64 bits per heavy atom. The lowest BCUT2D eigenvalue weighted by Crippen LogP contribution is -2.48. The van der Waals surface area contributed by atoms with Crippen molar-refractivity contribution in [1.29, 1.82) is 0 Å². The topological polar surface area (TPSA) is 52.7 Å². The molecule has 1 fully saturated rings. The maximum absolute atomic E-state index is 13.9. The number of piperazine rings is 1. The molecule has 0 spiro atoms. The second-order valence-corrected chi connectivity index (χ2v) is 7.92. The molecule has 28 heavy (non-hydrogen) atoms. The van der Waals surface area contributed by atoms with Crippen LogP contribution in [0.25, 0.3) is 0 Å². The fraction of sp³-hybridized carbons (Fsp3) is 0.400. The van der Waals surface area contributed by atoms with E-state index in [1.165, 1.54) is 17.4 Å². The molecule has 1 N–H and O–H groups in total. The van der Waals surface area contributed by atoms with E-state index < -0.39 is 0 Å². The van der Waals surface area contributed by atoms with Crippen LogP contribution < -0.4 is 5.32 Å². The van der Waals surface area contributed by atoms with Crippen molar-refractivity contribution in [2.24, 2.45) is 0 Å². The number of nitrogens with one attached hydrogen (secondary N) is 1. The molecule has 0 aliphatic carbocycles. The first-order chi connectivity index (χ1) is 13.5. The Morgan fingerprint density at radius 1 is 1.18 bits per heavy atom. The number of rotatable bonds is 7. The number of carbonyl (C=O) groups is 2. The van der Waals surface area contributed by atoms with Crippen molar-refractivity contribution in [3.05, 3.63) is 57.0 Å². The van der Waals surface area contributed by atoms with E-state index in [0.29, 0.717) is 68.3 Å². The Morgan fingerprint density at radius 2 is 1.96 bits per heavy atom. The number of amides is 2. The van der Waals surface area contributed by atoms with Gasteiger partial charge in [-0.2, -0.15) is 11.3 Å². The molecule has 150 valence electrons. The van der Waals surface area contributed by atoms with Gasteiger partial charge in [-0.1, -0.05) is 17.7 Å². The molecule has 0 atom stereocenters. The molecule has 0 unspecified atom stereocenters. The summed E-state index contributed by atoms with van der Waals surface area (Å²) in [7, 11) is 0. The van der Waals surface area contributed by atoms with Crippen molar-refractivity contribution in [3.63, 3.8) is 0 Å². The van der Waals surface area contributed by atoms with Crippen LogP contribution in [-0.4, -0.2) is 54.3 Å². The van der Waals surface area contributed by atoms with E-state index in [4.69, 9.17) is 11.6 Å². The standard InChI is InChI=1S/C20H23ClFN3O2S/c21-17-3-1-4-18(22)16(17)13-24-8-10-25(11-9-24)19(26)5-2-7-23-20(27)15-6-12-28-14-15/h1,3-4,6,12,14H,2,5,7-11,13H2,(H,23,27). The molecule has 1 aromatic heterocycles. The van der Waals surface area contributed by atoms with Crippen LogP contribution in [0.5, 0.6) is 0 Å². The number of halogens is 2. The summed E-state index contributed by atoms with van der Waals surface area (Å²) in [6.07, 6.45) is 1.02. The van der Waals surface area contributed by atoms with Crippen LogP contribution in [0.1, 0.15) is 28.8 Å². The molecule has 0 bridgehead atoms. The lowest BCUT2D eigenvalue weighted by atomic mass is 10.1. The smallest absolute Gasteiger partial charge is 0.252 e. The third kappa shape index (κ3) is 5.53. The number of benzene rings is 1. The van der Waals surface area contributed by atoms with E-state index in [0.717, 1.165) is 0 Å². The summed E-state index contributed by atoms with van der Waals surface area (Å²) in [6, 6.07) is 6.48. The average Bonchev–Trinajstić information content (AvgIpc) is 3.23. The molecule has 1 saturated heterocycles. The van der Waals surface area contributed by atoms with Crippen molar-refractivity contribution in [1.82, 2.24) is 15.1 Å². The zero-order valence-electron chi connectivity index (χ0n) is 15.5. The SMILES string of the molecule is O=C(NCCCC(=O)N1CCN(Cc2c(F)cccc2Cl)CC1)c1ccsc1. The minimum Gasteiger partial charge on any atom is -0.352 e. The number of carbonyl (C=O) groups excluding carboxylic acids is 2. The minimum atomic E-state index is -0.296. The molecule has 5 nitrogen and oxygen atoms in total. The highest BCUT2D eigenvalue weighted by atomic mass is 35.5. The van der Waals surface area contributed by atoms with Crippen LogP contribution in [0.4, 0.5) is 4.39 Å². The number of nitrogens with zero attached hydrogens (tertiary/aromatic N) is 2. The van der Waals surface area contributed by atoms with Crippen LogP contribution in [0.2, 0.25) is 5.02 Å². The van der Waals surface area contributed by atoms with Crippen LogP contribution in [0.15, 0.2) is 35.0 Å². The molecule has 0 radical (unpaired) electrons. The average molecular weight is 424 g/mol. The highest BCUT2D eigenvalue weighted by Crippen LogP contribution is 2.21. The van der Waals surface area contributed by atoms with Gasteiger partial charge in [0, 0.05) is 67.2 Å². The second-order valence-electron chi connectivity index (χ2n) is 6.73. The van der Waals surface area contributed by atoms with Gasteiger partial charge in [-0.3, -0.25) is 14.5 Å². The zero-order chi connectivity index (χ0) is 19.9. The van der Waals surface area contributed by atoms with Gasteiger partial charge in [0.15, 0.2) is 0 Å². The Balaban J connectivity index is 1.36. The molecular formula is C20H23ClFN3O2S. The number of hydrogen-bond donors (Lipinski definition) is 1. The molecule has 0 saturated carbocycles. The molecule has 3 rings (SSSR count). The van der Waals surface area contributed by atoms with Crippen molar-refractivity contribution < 1.29 is 14.0 Å². The van der Waals surface area contributed by atoms with Crippen molar-refractivity contribution in [3.8, 4) is 0 Å². The fourth-order valence-corrected chi connectivity index (χ4v) is 4.02. The quantitative estimate of drug-likeness (QED) is 0.694. The summed E-state index contributed by atoms with van der Waals surface area (Å²) in [5.74, 6) is -0.307. The van der Waals surface area contributed by atoms with Crippen LogP contribution in [0.3, 0.4) is 0 Å². The first-order valence-electron chi connectivity index (χ1n) is 9.28. The summed E-state index contributed by atoms with van der Waals surface area (Å²) in [6.45, 7) is 3.53. The maximum Gasteiger partial charge on any atom is 0.252 e. The van der Waals surface area contributed by atoms with Crippen LogP contribution in [-0.2, 0) is 11.3 Å². The highest BCUT2D eigenvalue weighted by Gasteiger charge is 2.22. The Hall–Kier alpha value is -1.96. The van der Waals surface area contributed by atoms with Gasteiger partial charge in [0.05, 0.1) is 0 Å². The van der Waals surface area contributed by atoms with E-state index in [1.807, 2.05) is 10.3 Å². The van der Waals surface area contributed by atoms with E-state index in [-0.39, 0.29) is 17.6 Å². The van der Waals surface area contributed by atoms with Crippen molar-refractivity contribution in [2.45, 2.75) is 19.4 Å². The van der Waals surface area contributed by atoms with E-state index >= 15 is 0 Å².